The molecule has 0 aromatic carbocycles. The van der Waals surface area contributed by atoms with E-state index in [2.05, 4.69) is 10.5 Å². The van der Waals surface area contributed by atoms with E-state index in [0.29, 0.717) is 5.03 Å². The van der Waals surface area contributed by atoms with Crippen LogP contribution in [0.3, 0.4) is 0 Å². The Balaban J connectivity index is 2.09. The molecular weight excluding hydrogens is 277 g/mol. The van der Waals surface area contributed by atoms with Gasteiger partial charge in [0, 0.05) is 18.1 Å². The quantitative estimate of drug-likeness (QED) is 0.924. The van der Waals surface area contributed by atoms with Gasteiger partial charge in [-0.1, -0.05) is 0 Å². The Morgan fingerprint density at radius 3 is 2.74 bits per heavy atom. The molecule has 104 valence electrons. The standard InChI is InChI=1S/C12H13F3N2OS/c1-11(2)5-10(17-18-11)19-7-8-6-16-4-3-9(8)12(13,14)15/h3-6,17H,7H2,1-2H3. The largest absolute Gasteiger partial charge is 0.416 e. The summed E-state index contributed by atoms with van der Waals surface area (Å²) < 4.78 is 38.3. The minimum Gasteiger partial charge on any atom is -0.265 e. The predicted octanol–water partition coefficient (Wildman–Crippen LogP) is 3.49. The molecule has 3 nitrogen and oxygen atoms in total. The first-order chi connectivity index (χ1) is 8.78. The van der Waals surface area contributed by atoms with E-state index in [4.69, 9.17) is 4.84 Å². The van der Waals surface area contributed by atoms with Gasteiger partial charge in [-0.2, -0.15) is 13.2 Å². The summed E-state index contributed by atoms with van der Waals surface area (Å²) in [6.07, 6.45) is -0.124. The summed E-state index contributed by atoms with van der Waals surface area (Å²) in [7, 11) is 0. The molecule has 1 aliphatic rings. The van der Waals surface area contributed by atoms with Crippen LogP contribution in [0.2, 0.25) is 0 Å². The van der Waals surface area contributed by atoms with Gasteiger partial charge in [0.2, 0.25) is 0 Å². The summed E-state index contributed by atoms with van der Waals surface area (Å²) in [4.78, 5) is 8.99. The second-order valence-corrected chi connectivity index (χ2v) is 5.65. The fourth-order valence-electron chi connectivity index (χ4n) is 1.60. The van der Waals surface area contributed by atoms with Crippen molar-refractivity contribution in [2.24, 2.45) is 0 Å². The van der Waals surface area contributed by atoms with Crippen molar-refractivity contribution >= 4 is 11.8 Å². The predicted molar refractivity (Wildman–Crippen MR) is 66.9 cm³/mol. The highest BCUT2D eigenvalue weighted by Crippen LogP contribution is 2.35. The van der Waals surface area contributed by atoms with Gasteiger partial charge in [-0.15, -0.1) is 11.8 Å². The van der Waals surface area contributed by atoms with Crippen LogP contribution in [0.25, 0.3) is 0 Å². The number of nitrogens with zero attached hydrogens (tertiary/aromatic N) is 1. The lowest BCUT2D eigenvalue weighted by Gasteiger charge is -2.12. The number of alkyl halides is 3. The lowest BCUT2D eigenvalue weighted by atomic mass is 10.1. The highest BCUT2D eigenvalue weighted by molar-refractivity contribution is 8.02. The summed E-state index contributed by atoms with van der Waals surface area (Å²) in [5.41, 5.74) is 1.77. The Labute approximate surface area is 113 Å². The molecule has 0 amide bonds. The molecule has 2 rings (SSSR count). The van der Waals surface area contributed by atoms with E-state index in [9.17, 15) is 13.2 Å². The number of pyridine rings is 1. The van der Waals surface area contributed by atoms with Gasteiger partial charge in [-0.3, -0.25) is 15.3 Å². The molecule has 0 saturated heterocycles. The zero-order chi connectivity index (χ0) is 14.1. The average Bonchev–Trinajstić information content (AvgIpc) is 2.66. The molecule has 0 saturated carbocycles. The van der Waals surface area contributed by atoms with Crippen LogP contribution in [-0.2, 0) is 16.8 Å². The van der Waals surface area contributed by atoms with E-state index in [1.807, 2.05) is 19.9 Å². The minimum atomic E-state index is -4.36. The van der Waals surface area contributed by atoms with Gasteiger partial charge in [0.1, 0.15) is 5.60 Å². The van der Waals surface area contributed by atoms with Crippen LogP contribution in [0, 0.1) is 0 Å². The Morgan fingerprint density at radius 2 is 2.16 bits per heavy atom. The van der Waals surface area contributed by atoms with Crippen molar-refractivity contribution < 1.29 is 18.0 Å². The van der Waals surface area contributed by atoms with Gasteiger partial charge in [0.05, 0.1) is 10.6 Å². The van der Waals surface area contributed by atoms with Crippen molar-refractivity contribution in [3.05, 3.63) is 40.7 Å². The van der Waals surface area contributed by atoms with Crippen molar-refractivity contribution in [2.75, 3.05) is 0 Å². The number of hydrogen-bond acceptors (Lipinski definition) is 4. The van der Waals surface area contributed by atoms with E-state index < -0.39 is 17.3 Å². The molecule has 1 aromatic rings. The molecule has 1 N–H and O–H groups in total. The van der Waals surface area contributed by atoms with Crippen molar-refractivity contribution in [1.82, 2.24) is 10.5 Å². The Morgan fingerprint density at radius 1 is 1.42 bits per heavy atom. The lowest BCUT2D eigenvalue weighted by molar-refractivity contribution is -0.138. The summed E-state index contributed by atoms with van der Waals surface area (Å²) >= 11 is 1.25. The maximum Gasteiger partial charge on any atom is 0.416 e. The molecule has 7 heteroatoms. The molecule has 1 aromatic heterocycles. The third-order valence-corrected chi connectivity index (χ3v) is 3.45. The molecule has 0 spiro atoms. The van der Waals surface area contributed by atoms with Gasteiger partial charge >= 0.3 is 6.18 Å². The fourth-order valence-corrected chi connectivity index (χ4v) is 2.61. The van der Waals surface area contributed by atoms with Crippen LogP contribution in [-0.4, -0.2) is 10.6 Å². The molecule has 0 bridgehead atoms. The number of hydroxylamine groups is 1. The first kappa shape index (κ1) is 14.2. The van der Waals surface area contributed by atoms with Gasteiger partial charge in [-0.05, 0) is 31.6 Å². The minimum absolute atomic E-state index is 0.160. The van der Waals surface area contributed by atoms with E-state index in [-0.39, 0.29) is 11.3 Å². The number of thioether (sulfide) groups is 1. The highest BCUT2D eigenvalue weighted by Gasteiger charge is 2.33. The zero-order valence-electron chi connectivity index (χ0n) is 10.4. The number of halogens is 3. The van der Waals surface area contributed by atoms with Crippen molar-refractivity contribution in [3.63, 3.8) is 0 Å². The number of aromatic nitrogens is 1. The molecule has 0 unspecified atom stereocenters. The number of rotatable bonds is 3. The van der Waals surface area contributed by atoms with E-state index >= 15 is 0 Å². The topological polar surface area (TPSA) is 34.2 Å². The highest BCUT2D eigenvalue weighted by atomic mass is 32.2. The normalized spacial score (nSPS) is 18.1. The molecule has 2 heterocycles. The van der Waals surface area contributed by atoms with Crippen LogP contribution in [0.4, 0.5) is 13.2 Å². The van der Waals surface area contributed by atoms with Gasteiger partial charge in [0.15, 0.2) is 0 Å². The van der Waals surface area contributed by atoms with Crippen LogP contribution in [0.15, 0.2) is 29.6 Å². The second-order valence-electron chi connectivity index (χ2n) is 4.64. The third kappa shape index (κ3) is 3.63. The van der Waals surface area contributed by atoms with Crippen LogP contribution < -0.4 is 5.48 Å². The summed E-state index contributed by atoms with van der Waals surface area (Å²) in [6.45, 7) is 3.72. The van der Waals surface area contributed by atoms with Crippen molar-refractivity contribution in [1.29, 1.82) is 0 Å². The SMILES string of the molecule is CC1(C)C=C(SCc2cnccc2C(F)(F)F)NO1. The summed E-state index contributed by atoms with van der Waals surface area (Å²) in [5.74, 6) is 0.182. The Hall–Kier alpha value is -1.21. The third-order valence-electron chi connectivity index (χ3n) is 2.49. The number of nitrogens with one attached hydrogen (secondary N) is 1. The fraction of sp³-hybridized carbons (Fsp3) is 0.417. The van der Waals surface area contributed by atoms with Crippen LogP contribution in [0.1, 0.15) is 25.0 Å². The van der Waals surface area contributed by atoms with Crippen molar-refractivity contribution in [3.8, 4) is 0 Å². The first-order valence-electron chi connectivity index (χ1n) is 5.58. The average molecular weight is 290 g/mol. The lowest BCUT2D eigenvalue weighted by Crippen LogP contribution is -2.20. The molecule has 0 atom stereocenters. The Kier molecular flexibility index (Phi) is 3.78. The monoisotopic (exact) mass is 290 g/mol. The molecule has 0 aliphatic carbocycles. The smallest absolute Gasteiger partial charge is 0.265 e. The van der Waals surface area contributed by atoms with Crippen LogP contribution >= 0.6 is 11.8 Å². The maximum atomic E-state index is 12.8. The molecule has 1 aliphatic heterocycles. The number of hydrogen-bond donors (Lipinski definition) is 1. The zero-order valence-corrected chi connectivity index (χ0v) is 11.2. The van der Waals surface area contributed by atoms with E-state index in [1.165, 1.54) is 18.0 Å². The maximum absolute atomic E-state index is 12.8. The first-order valence-corrected chi connectivity index (χ1v) is 6.56. The van der Waals surface area contributed by atoms with E-state index in [0.717, 1.165) is 12.3 Å². The second kappa shape index (κ2) is 5.05. The Bertz CT molecular complexity index is 500. The molecule has 19 heavy (non-hydrogen) atoms. The molecule has 0 radical (unpaired) electrons. The summed E-state index contributed by atoms with van der Waals surface area (Å²) in [5, 5.41) is 0.710. The van der Waals surface area contributed by atoms with Gasteiger partial charge < -0.3 is 0 Å². The van der Waals surface area contributed by atoms with Crippen LogP contribution in [0.5, 0.6) is 0 Å². The van der Waals surface area contributed by atoms with E-state index in [1.54, 1.807) is 0 Å². The summed E-state index contributed by atoms with van der Waals surface area (Å²) in [6, 6.07) is 0.993. The van der Waals surface area contributed by atoms with Gasteiger partial charge in [0.25, 0.3) is 0 Å². The molecule has 0 fully saturated rings. The van der Waals surface area contributed by atoms with Crippen molar-refractivity contribution in [2.45, 2.75) is 31.4 Å². The van der Waals surface area contributed by atoms with Gasteiger partial charge in [-0.25, -0.2) is 0 Å². The molecular formula is C12H13F3N2OS.